The number of aryl methyl sites for hydroxylation is 1. The topological polar surface area (TPSA) is 200 Å². The fourth-order valence-electron chi connectivity index (χ4n) is 4.06. The van der Waals surface area contributed by atoms with Gasteiger partial charge in [0.1, 0.15) is 12.1 Å². The summed E-state index contributed by atoms with van der Waals surface area (Å²) in [6.45, 7) is 5.35. The number of sulfonamides is 1. The first kappa shape index (κ1) is 33.2. The van der Waals surface area contributed by atoms with E-state index >= 15 is 0 Å². The zero-order valence-electron chi connectivity index (χ0n) is 23.8. The number of methoxy groups -OCH3 is 1. The van der Waals surface area contributed by atoms with E-state index in [0.29, 0.717) is 16.3 Å². The lowest BCUT2D eigenvalue weighted by Crippen LogP contribution is -2.59. The van der Waals surface area contributed by atoms with Gasteiger partial charge in [-0.25, -0.2) is 17.5 Å². The highest BCUT2D eigenvalue weighted by Crippen LogP contribution is 2.25. The van der Waals surface area contributed by atoms with Gasteiger partial charge in [-0.05, 0) is 43.4 Å². The summed E-state index contributed by atoms with van der Waals surface area (Å²) in [4.78, 5) is 43.9. The minimum atomic E-state index is -4.59. The van der Waals surface area contributed by atoms with E-state index in [-0.39, 0.29) is 30.2 Å². The third kappa shape index (κ3) is 9.29. The molecule has 41 heavy (non-hydrogen) atoms. The number of rotatable bonds is 14. The second kappa shape index (κ2) is 15.1. The molecule has 0 aliphatic carbocycles. The zero-order valence-corrected chi connectivity index (χ0v) is 24.6. The van der Waals surface area contributed by atoms with Gasteiger partial charge in [0, 0.05) is 13.0 Å². The van der Waals surface area contributed by atoms with Crippen LogP contribution < -0.4 is 22.5 Å². The van der Waals surface area contributed by atoms with Crippen LogP contribution >= 0.6 is 0 Å². The number of nitrogens with two attached hydrogens (primary N) is 3. The Morgan fingerprint density at radius 2 is 1.63 bits per heavy atom. The van der Waals surface area contributed by atoms with Crippen molar-refractivity contribution in [3.05, 3.63) is 65.7 Å². The Morgan fingerprint density at radius 3 is 2.17 bits per heavy atom. The molecule has 3 atom stereocenters. The summed E-state index contributed by atoms with van der Waals surface area (Å²) in [6, 6.07) is 10.7. The molecular formula is C28H40N6O6S. The number of benzene rings is 2. The lowest BCUT2D eigenvalue weighted by atomic mass is 10.0. The molecule has 0 radical (unpaired) electrons. The summed E-state index contributed by atoms with van der Waals surface area (Å²) in [5, 5.41) is 2.60. The minimum Gasteiger partial charge on any atom is -0.467 e. The summed E-state index contributed by atoms with van der Waals surface area (Å²) in [6.07, 6.45) is 0.474. The first-order valence-corrected chi connectivity index (χ1v) is 14.6. The van der Waals surface area contributed by atoms with Gasteiger partial charge in [-0.3, -0.25) is 14.6 Å². The van der Waals surface area contributed by atoms with E-state index in [1.807, 2.05) is 0 Å². The second-order valence-electron chi connectivity index (χ2n) is 9.97. The van der Waals surface area contributed by atoms with Gasteiger partial charge in [0.25, 0.3) is 15.9 Å². The lowest BCUT2D eigenvalue weighted by Gasteiger charge is -2.34. The van der Waals surface area contributed by atoms with Crippen LogP contribution in [-0.4, -0.2) is 68.2 Å². The summed E-state index contributed by atoms with van der Waals surface area (Å²) in [7, 11) is -3.47. The SMILES string of the molecule is COC(=O)[C@H](Cc1ccccc1)N(C(=O)[C@@H](NC(=O)[C@@H](N)CCCN=C(N)N)C(C)C)S(=O)(=O)c1ccc(C)cc1. The lowest BCUT2D eigenvalue weighted by molar-refractivity contribution is -0.150. The molecule has 2 aromatic carbocycles. The Bertz CT molecular complexity index is 1310. The van der Waals surface area contributed by atoms with Crippen LogP contribution in [0, 0.1) is 12.8 Å². The fourth-order valence-corrected chi connectivity index (χ4v) is 5.61. The summed E-state index contributed by atoms with van der Waals surface area (Å²) >= 11 is 0. The Kier molecular flexibility index (Phi) is 12.3. The molecule has 0 spiro atoms. The average molecular weight is 589 g/mol. The summed E-state index contributed by atoms with van der Waals surface area (Å²) in [5.41, 5.74) is 18.1. The van der Waals surface area contributed by atoms with Crippen LogP contribution in [0.4, 0.5) is 0 Å². The smallest absolute Gasteiger partial charge is 0.330 e. The molecule has 0 aromatic heterocycles. The molecule has 0 heterocycles. The van der Waals surface area contributed by atoms with Crippen LogP contribution in [0.2, 0.25) is 0 Å². The van der Waals surface area contributed by atoms with Crippen LogP contribution in [-0.2, 0) is 35.6 Å². The van der Waals surface area contributed by atoms with Crippen LogP contribution in [0.1, 0.15) is 37.8 Å². The van der Waals surface area contributed by atoms with E-state index in [0.717, 1.165) is 12.7 Å². The zero-order chi connectivity index (χ0) is 30.7. The molecule has 224 valence electrons. The third-order valence-electron chi connectivity index (χ3n) is 6.36. The molecule has 12 nitrogen and oxygen atoms in total. The van der Waals surface area contributed by atoms with Gasteiger partial charge in [0.15, 0.2) is 5.96 Å². The monoisotopic (exact) mass is 588 g/mol. The highest BCUT2D eigenvalue weighted by molar-refractivity contribution is 7.89. The van der Waals surface area contributed by atoms with Crippen molar-refractivity contribution in [3.63, 3.8) is 0 Å². The molecule has 2 amide bonds. The Labute approximate surface area is 241 Å². The Morgan fingerprint density at radius 1 is 1.02 bits per heavy atom. The van der Waals surface area contributed by atoms with Crippen molar-refractivity contribution in [3.8, 4) is 0 Å². The molecular weight excluding hydrogens is 548 g/mol. The number of ether oxygens (including phenoxy) is 1. The van der Waals surface area contributed by atoms with Crippen molar-refractivity contribution >= 4 is 33.8 Å². The van der Waals surface area contributed by atoms with Gasteiger partial charge in [-0.1, -0.05) is 61.9 Å². The van der Waals surface area contributed by atoms with Crippen LogP contribution in [0.15, 0.2) is 64.5 Å². The van der Waals surface area contributed by atoms with Crippen molar-refractivity contribution < 1.29 is 27.5 Å². The quantitative estimate of drug-likeness (QED) is 0.107. The molecule has 0 aliphatic heterocycles. The van der Waals surface area contributed by atoms with E-state index in [2.05, 4.69) is 10.3 Å². The number of hydrogen-bond donors (Lipinski definition) is 4. The summed E-state index contributed by atoms with van der Waals surface area (Å²) in [5.74, 6) is -3.23. The molecule has 0 saturated carbocycles. The molecule has 13 heteroatoms. The second-order valence-corrected chi connectivity index (χ2v) is 11.8. The number of carbonyl (C=O) groups excluding carboxylic acids is 3. The molecule has 2 aromatic rings. The number of aliphatic imine (C=N–C) groups is 1. The third-order valence-corrected chi connectivity index (χ3v) is 8.18. The van der Waals surface area contributed by atoms with Crippen LogP contribution in [0.3, 0.4) is 0 Å². The number of nitrogens with zero attached hydrogens (tertiary/aromatic N) is 2. The maximum Gasteiger partial charge on any atom is 0.330 e. The number of guanidine groups is 1. The van der Waals surface area contributed by atoms with Gasteiger partial charge in [-0.15, -0.1) is 0 Å². The van der Waals surface area contributed by atoms with E-state index in [9.17, 15) is 22.8 Å². The van der Waals surface area contributed by atoms with Gasteiger partial charge < -0.3 is 27.3 Å². The number of nitrogens with one attached hydrogen (secondary N) is 1. The maximum atomic E-state index is 14.2. The van der Waals surface area contributed by atoms with Crippen molar-refractivity contribution in [1.29, 1.82) is 0 Å². The first-order chi connectivity index (χ1) is 19.3. The average Bonchev–Trinajstić information content (AvgIpc) is 2.93. The summed E-state index contributed by atoms with van der Waals surface area (Å²) < 4.78 is 33.6. The van der Waals surface area contributed by atoms with Crippen molar-refractivity contribution in [2.75, 3.05) is 13.7 Å². The van der Waals surface area contributed by atoms with E-state index < -0.39 is 51.9 Å². The number of esters is 1. The van der Waals surface area contributed by atoms with Gasteiger partial charge >= 0.3 is 5.97 Å². The molecule has 0 saturated heterocycles. The minimum absolute atomic E-state index is 0.0842. The van der Waals surface area contributed by atoms with Crippen molar-refractivity contribution in [2.45, 2.75) is 63.1 Å². The van der Waals surface area contributed by atoms with Crippen molar-refractivity contribution in [2.24, 2.45) is 28.1 Å². The van der Waals surface area contributed by atoms with Gasteiger partial charge in [0.05, 0.1) is 18.0 Å². The predicted octanol–water partition coefficient (Wildman–Crippen LogP) is 0.818. The Balaban J connectivity index is 2.52. The maximum absolute atomic E-state index is 14.2. The molecule has 0 aliphatic rings. The Hall–Kier alpha value is -3.97. The van der Waals surface area contributed by atoms with Gasteiger partial charge in [-0.2, -0.15) is 0 Å². The highest BCUT2D eigenvalue weighted by Gasteiger charge is 2.44. The standard InChI is InChI=1S/C28H40N6O6S/c1-18(2)24(33-25(35)22(29)11-8-16-32-28(30)31)26(36)34(41(38,39)21-14-12-19(3)13-15-21)23(27(37)40-4)17-20-9-6-5-7-10-20/h5-7,9-10,12-15,18,22-24H,8,11,16-17,29H2,1-4H3,(H,33,35)(H4,30,31,32)/t22-,23-,24-/m0/s1. The predicted molar refractivity (Wildman–Crippen MR) is 156 cm³/mol. The normalized spacial score (nSPS) is 13.5. The molecule has 0 unspecified atom stereocenters. The first-order valence-electron chi connectivity index (χ1n) is 13.2. The van der Waals surface area contributed by atoms with Crippen molar-refractivity contribution in [1.82, 2.24) is 9.62 Å². The number of amides is 2. The highest BCUT2D eigenvalue weighted by atomic mass is 32.2. The van der Waals surface area contributed by atoms with E-state index in [1.54, 1.807) is 63.2 Å². The van der Waals surface area contributed by atoms with E-state index in [1.165, 1.54) is 12.1 Å². The number of carbonyl (C=O) groups is 3. The van der Waals surface area contributed by atoms with Gasteiger partial charge in [0.2, 0.25) is 5.91 Å². The molecule has 0 bridgehead atoms. The van der Waals surface area contributed by atoms with Crippen LogP contribution in [0.5, 0.6) is 0 Å². The molecule has 2 rings (SSSR count). The van der Waals surface area contributed by atoms with Crippen LogP contribution in [0.25, 0.3) is 0 Å². The largest absolute Gasteiger partial charge is 0.467 e. The molecule has 7 N–H and O–H groups in total. The fraction of sp³-hybridized carbons (Fsp3) is 0.429. The van der Waals surface area contributed by atoms with E-state index in [4.69, 9.17) is 21.9 Å². The molecule has 0 fully saturated rings. The number of hydrogen-bond acceptors (Lipinski definition) is 8.